The van der Waals surface area contributed by atoms with Crippen molar-refractivity contribution in [2.24, 2.45) is 5.73 Å². The fraction of sp³-hybridized carbons (Fsp3) is 0.385. The van der Waals surface area contributed by atoms with Crippen LogP contribution >= 0.6 is 0 Å². The zero-order valence-corrected chi connectivity index (χ0v) is 10.7. The van der Waals surface area contributed by atoms with E-state index in [-0.39, 0.29) is 24.9 Å². The molecule has 0 saturated carbocycles. The molecule has 0 fully saturated rings. The third kappa shape index (κ3) is 3.85. The van der Waals surface area contributed by atoms with Crippen LogP contribution in [0.1, 0.15) is 11.5 Å². The lowest BCUT2D eigenvalue weighted by Gasteiger charge is -2.16. The second-order valence-corrected chi connectivity index (χ2v) is 4.20. The van der Waals surface area contributed by atoms with Gasteiger partial charge in [0.2, 0.25) is 11.8 Å². The maximum absolute atomic E-state index is 11.9. The Bertz CT molecular complexity index is 404. The van der Waals surface area contributed by atoms with Crippen LogP contribution in [0.5, 0.6) is 0 Å². The highest BCUT2D eigenvalue weighted by Gasteiger charge is 2.19. The van der Waals surface area contributed by atoms with E-state index in [9.17, 15) is 9.59 Å². The summed E-state index contributed by atoms with van der Waals surface area (Å²) >= 11 is 0. The van der Waals surface area contributed by atoms with Gasteiger partial charge in [0.15, 0.2) is 0 Å². The number of likely N-dealkylation sites (N-methyl/N-ethyl adjacent to an activating group) is 1. The number of carbonyl (C=O) groups is 2. The first kappa shape index (κ1) is 14.2. The van der Waals surface area contributed by atoms with Crippen molar-refractivity contribution in [3.8, 4) is 0 Å². The molecule has 0 aliphatic rings. The van der Waals surface area contributed by atoms with Gasteiger partial charge >= 0.3 is 0 Å². The zero-order chi connectivity index (χ0) is 13.5. The number of benzene rings is 1. The fourth-order valence-electron chi connectivity index (χ4n) is 1.52. The normalized spacial score (nSPS) is 11.7. The lowest BCUT2D eigenvalue weighted by atomic mass is 9.98. The van der Waals surface area contributed by atoms with Crippen molar-refractivity contribution in [3.63, 3.8) is 0 Å². The van der Waals surface area contributed by atoms with Gasteiger partial charge in [-0.15, -0.1) is 0 Å². The van der Waals surface area contributed by atoms with Crippen molar-refractivity contribution >= 4 is 11.8 Å². The monoisotopic (exact) mass is 249 g/mol. The smallest absolute Gasteiger partial charge is 0.241 e. The number of rotatable bonds is 5. The van der Waals surface area contributed by atoms with E-state index in [1.54, 1.807) is 14.1 Å². The summed E-state index contributed by atoms with van der Waals surface area (Å²) in [5.74, 6) is -0.785. The minimum Gasteiger partial charge on any atom is -0.347 e. The van der Waals surface area contributed by atoms with Gasteiger partial charge in [0.25, 0.3) is 0 Å². The first-order valence-electron chi connectivity index (χ1n) is 5.79. The van der Waals surface area contributed by atoms with Crippen molar-refractivity contribution in [2.45, 2.75) is 5.92 Å². The van der Waals surface area contributed by atoms with Crippen LogP contribution in [-0.2, 0) is 9.59 Å². The van der Waals surface area contributed by atoms with Gasteiger partial charge in [-0.1, -0.05) is 30.3 Å². The summed E-state index contributed by atoms with van der Waals surface area (Å²) < 4.78 is 0. The van der Waals surface area contributed by atoms with Crippen LogP contribution in [-0.4, -0.2) is 43.9 Å². The Morgan fingerprint density at radius 2 is 1.89 bits per heavy atom. The van der Waals surface area contributed by atoms with Crippen molar-refractivity contribution in [1.29, 1.82) is 0 Å². The molecule has 0 heterocycles. The molecule has 1 rings (SSSR count). The fourth-order valence-corrected chi connectivity index (χ4v) is 1.52. The molecule has 0 bridgehead atoms. The highest BCUT2D eigenvalue weighted by Crippen LogP contribution is 2.13. The molecular weight excluding hydrogens is 230 g/mol. The van der Waals surface area contributed by atoms with Crippen molar-refractivity contribution < 1.29 is 9.59 Å². The van der Waals surface area contributed by atoms with Crippen molar-refractivity contribution in [2.75, 3.05) is 27.2 Å². The van der Waals surface area contributed by atoms with Crippen LogP contribution in [0.15, 0.2) is 30.3 Å². The van der Waals surface area contributed by atoms with Gasteiger partial charge < -0.3 is 16.0 Å². The molecule has 1 atom stereocenters. The Morgan fingerprint density at radius 3 is 2.39 bits per heavy atom. The number of nitrogens with zero attached hydrogens (tertiary/aromatic N) is 1. The largest absolute Gasteiger partial charge is 0.347 e. The molecular formula is C13H19N3O2. The predicted molar refractivity (Wildman–Crippen MR) is 69.9 cm³/mol. The summed E-state index contributed by atoms with van der Waals surface area (Å²) in [6.07, 6.45) is 0. The van der Waals surface area contributed by atoms with E-state index in [1.165, 1.54) is 4.90 Å². The molecule has 5 nitrogen and oxygen atoms in total. The van der Waals surface area contributed by atoms with E-state index in [0.717, 1.165) is 5.56 Å². The number of amides is 2. The lowest BCUT2D eigenvalue weighted by molar-refractivity contribution is -0.131. The number of nitrogens with two attached hydrogens (primary N) is 1. The molecule has 98 valence electrons. The van der Waals surface area contributed by atoms with E-state index in [4.69, 9.17) is 5.73 Å². The van der Waals surface area contributed by atoms with Gasteiger partial charge in [0, 0.05) is 20.6 Å². The predicted octanol–water partition coefficient (Wildman–Crippen LogP) is -0.0667. The number of carbonyl (C=O) groups excluding carboxylic acids is 2. The van der Waals surface area contributed by atoms with E-state index in [1.807, 2.05) is 30.3 Å². The Hall–Kier alpha value is -1.88. The summed E-state index contributed by atoms with van der Waals surface area (Å²) in [6.45, 7) is 0.209. The topological polar surface area (TPSA) is 75.4 Å². The summed E-state index contributed by atoms with van der Waals surface area (Å²) in [6, 6.07) is 9.30. The second-order valence-electron chi connectivity index (χ2n) is 4.20. The summed E-state index contributed by atoms with van der Waals surface area (Å²) in [5, 5.41) is 2.60. The average molecular weight is 249 g/mol. The van der Waals surface area contributed by atoms with Crippen LogP contribution in [0.4, 0.5) is 0 Å². The Morgan fingerprint density at radius 1 is 1.28 bits per heavy atom. The summed E-state index contributed by atoms with van der Waals surface area (Å²) in [5.41, 5.74) is 6.47. The highest BCUT2D eigenvalue weighted by molar-refractivity contribution is 5.88. The van der Waals surface area contributed by atoms with Gasteiger partial charge in [-0.3, -0.25) is 9.59 Å². The second kappa shape index (κ2) is 6.76. The summed E-state index contributed by atoms with van der Waals surface area (Å²) in [4.78, 5) is 24.7. The molecule has 0 aromatic heterocycles. The molecule has 1 aromatic rings. The van der Waals surface area contributed by atoms with Crippen molar-refractivity contribution in [1.82, 2.24) is 10.2 Å². The standard InChI is InChI=1S/C13H19N3O2/c1-16(2)12(17)9-15-13(18)11(8-14)10-6-4-3-5-7-10/h3-7,11H,8-9,14H2,1-2H3,(H,15,18). The molecule has 0 spiro atoms. The molecule has 0 saturated heterocycles. The minimum atomic E-state index is -0.416. The number of nitrogens with one attached hydrogen (secondary N) is 1. The minimum absolute atomic E-state index is 0.00479. The maximum atomic E-state index is 11.9. The van der Waals surface area contributed by atoms with E-state index >= 15 is 0 Å². The molecule has 1 unspecified atom stereocenters. The zero-order valence-electron chi connectivity index (χ0n) is 10.7. The average Bonchev–Trinajstić information content (AvgIpc) is 2.38. The number of hydrogen-bond acceptors (Lipinski definition) is 3. The number of hydrogen-bond donors (Lipinski definition) is 2. The van der Waals surface area contributed by atoms with Crippen LogP contribution in [0, 0.1) is 0 Å². The first-order chi connectivity index (χ1) is 8.56. The van der Waals surface area contributed by atoms with Crippen LogP contribution in [0.25, 0.3) is 0 Å². The SMILES string of the molecule is CN(C)C(=O)CNC(=O)C(CN)c1ccccc1. The molecule has 1 aromatic carbocycles. The highest BCUT2D eigenvalue weighted by atomic mass is 16.2. The Balaban J connectivity index is 2.61. The van der Waals surface area contributed by atoms with E-state index < -0.39 is 5.92 Å². The van der Waals surface area contributed by atoms with Crippen molar-refractivity contribution in [3.05, 3.63) is 35.9 Å². The maximum Gasteiger partial charge on any atom is 0.241 e. The van der Waals surface area contributed by atoms with Crippen LogP contribution in [0.2, 0.25) is 0 Å². The van der Waals surface area contributed by atoms with E-state index in [2.05, 4.69) is 5.32 Å². The molecule has 5 heteroatoms. The molecule has 0 aliphatic heterocycles. The van der Waals surface area contributed by atoms with Gasteiger partial charge in [0.1, 0.15) is 0 Å². The summed E-state index contributed by atoms with van der Waals surface area (Å²) in [7, 11) is 3.29. The molecule has 3 N–H and O–H groups in total. The first-order valence-corrected chi connectivity index (χ1v) is 5.79. The Labute approximate surface area is 107 Å². The molecule has 18 heavy (non-hydrogen) atoms. The Kier molecular flexibility index (Phi) is 5.32. The van der Waals surface area contributed by atoms with Gasteiger partial charge in [-0.05, 0) is 5.56 Å². The third-order valence-corrected chi connectivity index (χ3v) is 2.67. The van der Waals surface area contributed by atoms with E-state index in [0.29, 0.717) is 0 Å². The molecule has 0 radical (unpaired) electrons. The van der Waals surface area contributed by atoms with Crippen LogP contribution < -0.4 is 11.1 Å². The van der Waals surface area contributed by atoms with Gasteiger partial charge in [-0.2, -0.15) is 0 Å². The third-order valence-electron chi connectivity index (χ3n) is 2.67. The van der Waals surface area contributed by atoms with Gasteiger partial charge in [0.05, 0.1) is 12.5 Å². The molecule has 0 aliphatic carbocycles. The van der Waals surface area contributed by atoms with Gasteiger partial charge in [-0.25, -0.2) is 0 Å². The quantitative estimate of drug-likeness (QED) is 0.767. The lowest BCUT2D eigenvalue weighted by Crippen LogP contribution is -2.40. The van der Waals surface area contributed by atoms with Crippen LogP contribution in [0.3, 0.4) is 0 Å². The molecule has 2 amide bonds.